The molecule has 1 unspecified atom stereocenters. The van der Waals surface area contributed by atoms with Crippen molar-refractivity contribution in [3.63, 3.8) is 0 Å². The van der Waals surface area contributed by atoms with Gasteiger partial charge in [-0.05, 0) is 37.5 Å². The zero-order valence-electron chi connectivity index (χ0n) is 16.5. The van der Waals surface area contributed by atoms with Gasteiger partial charge in [-0.15, -0.1) is 0 Å². The Morgan fingerprint density at radius 3 is 2.77 bits per heavy atom. The van der Waals surface area contributed by atoms with Gasteiger partial charge in [-0.25, -0.2) is 13.8 Å². The van der Waals surface area contributed by atoms with Crippen LogP contribution in [0.4, 0.5) is 14.5 Å². The number of hydrogen-bond acceptors (Lipinski definition) is 6. The number of amidine groups is 1. The Hall–Kier alpha value is -2.99. The van der Waals surface area contributed by atoms with Crippen LogP contribution in [0.1, 0.15) is 41.0 Å². The number of aryl methyl sites for hydroxylation is 1. The second-order valence-corrected chi connectivity index (χ2v) is 9.04. The van der Waals surface area contributed by atoms with Gasteiger partial charge in [0.1, 0.15) is 11.8 Å². The number of halogens is 2. The van der Waals surface area contributed by atoms with Gasteiger partial charge in [0, 0.05) is 34.7 Å². The Labute approximate surface area is 176 Å². The summed E-state index contributed by atoms with van der Waals surface area (Å²) in [4.78, 5) is 21.1. The lowest BCUT2D eigenvalue weighted by molar-refractivity contribution is 0.102. The second-order valence-electron chi connectivity index (χ2n) is 7.84. The highest BCUT2D eigenvalue weighted by Gasteiger charge is 2.61. The highest BCUT2D eigenvalue weighted by atomic mass is 32.2. The van der Waals surface area contributed by atoms with E-state index in [0.717, 1.165) is 6.07 Å². The molecule has 9 heteroatoms. The van der Waals surface area contributed by atoms with Crippen molar-refractivity contribution in [2.75, 3.05) is 5.32 Å². The SMILES string of the molecule is Cc1cc(C#N)cnc1C(=O)Nc1cc(F)c(F)c([C@@]2(C)N=C(N)S[C@@H]3C2[C@@H]3C)c1. The highest BCUT2D eigenvalue weighted by molar-refractivity contribution is 8.14. The zero-order valence-corrected chi connectivity index (χ0v) is 17.3. The lowest BCUT2D eigenvalue weighted by Crippen LogP contribution is -2.32. The summed E-state index contributed by atoms with van der Waals surface area (Å²) in [5.74, 6) is -2.37. The third kappa shape index (κ3) is 3.21. The van der Waals surface area contributed by atoms with E-state index in [-0.39, 0.29) is 34.0 Å². The molecule has 0 radical (unpaired) electrons. The summed E-state index contributed by atoms with van der Waals surface area (Å²) < 4.78 is 29.3. The first-order valence-electron chi connectivity index (χ1n) is 9.35. The number of thioether (sulfide) groups is 1. The van der Waals surface area contributed by atoms with Gasteiger partial charge < -0.3 is 11.1 Å². The minimum atomic E-state index is -1.08. The van der Waals surface area contributed by atoms with Crippen LogP contribution in [0.25, 0.3) is 0 Å². The van der Waals surface area contributed by atoms with Crippen LogP contribution in [0, 0.1) is 41.7 Å². The number of nitrogens with two attached hydrogens (primary N) is 1. The van der Waals surface area contributed by atoms with E-state index in [1.807, 2.05) is 13.0 Å². The first-order valence-corrected chi connectivity index (χ1v) is 10.2. The van der Waals surface area contributed by atoms with Gasteiger partial charge in [-0.1, -0.05) is 18.7 Å². The number of carbonyl (C=O) groups is 1. The number of fused-ring (bicyclic) bond motifs is 1. The molecule has 2 aromatic rings. The summed E-state index contributed by atoms with van der Waals surface area (Å²) in [5, 5.41) is 12.1. The average Bonchev–Trinajstić information content (AvgIpc) is 3.34. The third-order valence-corrected chi connectivity index (χ3v) is 7.13. The van der Waals surface area contributed by atoms with Crippen LogP contribution in [-0.2, 0) is 5.54 Å². The minimum Gasteiger partial charge on any atom is -0.379 e. The average molecular weight is 427 g/mol. The van der Waals surface area contributed by atoms with Crippen molar-refractivity contribution in [2.24, 2.45) is 22.6 Å². The minimum absolute atomic E-state index is 0.0251. The van der Waals surface area contributed by atoms with E-state index in [0.29, 0.717) is 16.3 Å². The van der Waals surface area contributed by atoms with Gasteiger partial charge in [0.25, 0.3) is 5.91 Å². The molecule has 4 rings (SSSR count). The molecule has 0 bridgehead atoms. The second kappa shape index (κ2) is 7.06. The van der Waals surface area contributed by atoms with Gasteiger partial charge in [0.15, 0.2) is 16.8 Å². The molecule has 4 atom stereocenters. The maximum absolute atomic E-state index is 14.8. The van der Waals surface area contributed by atoms with Crippen molar-refractivity contribution >= 4 is 28.5 Å². The van der Waals surface area contributed by atoms with Crippen molar-refractivity contribution in [3.8, 4) is 6.07 Å². The number of nitriles is 1. The van der Waals surface area contributed by atoms with E-state index in [1.165, 1.54) is 30.1 Å². The largest absolute Gasteiger partial charge is 0.379 e. The van der Waals surface area contributed by atoms with Gasteiger partial charge in [0.2, 0.25) is 0 Å². The van der Waals surface area contributed by atoms with Crippen LogP contribution < -0.4 is 11.1 Å². The lowest BCUT2D eigenvalue weighted by atomic mass is 9.85. The molecule has 2 heterocycles. The molecule has 154 valence electrons. The molecule has 1 fully saturated rings. The van der Waals surface area contributed by atoms with Gasteiger partial charge >= 0.3 is 0 Å². The Morgan fingerprint density at radius 1 is 1.37 bits per heavy atom. The molecule has 2 aliphatic rings. The summed E-state index contributed by atoms with van der Waals surface area (Å²) in [6.07, 6.45) is 1.28. The van der Waals surface area contributed by atoms with Crippen LogP contribution in [0.5, 0.6) is 0 Å². The number of carbonyl (C=O) groups excluding carboxylic acids is 1. The molecule has 6 nitrogen and oxygen atoms in total. The van der Waals surface area contributed by atoms with Crippen LogP contribution in [0.15, 0.2) is 29.4 Å². The Kier molecular flexibility index (Phi) is 4.77. The van der Waals surface area contributed by atoms with E-state index in [9.17, 15) is 13.6 Å². The summed E-state index contributed by atoms with van der Waals surface area (Å²) in [6.45, 7) is 5.43. The number of aromatic nitrogens is 1. The number of anilines is 1. The molecule has 1 amide bonds. The number of amides is 1. The van der Waals surface area contributed by atoms with Crippen LogP contribution in [0.3, 0.4) is 0 Å². The van der Waals surface area contributed by atoms with Crippen molar-refractivity contribution in [1.82, 2.24) is 4.98 Å². The van der Waals surface area contributed by atoms with E-state index in [4.69, 9.17) is 11.0 Å². The number of hydrogen-bond donors (Lipinski definition) is 2. The molecule has 1 saturated carbocycles. The number of pyridine rings is 1. The first kappa shape index (κ1) is 20.3. The fourth-order valence-electron chi connectivity index (χ4n) is 4.24. The summed E-state index contributed by atoms with van der Waals surface area (Å²) in [6, 6.07) is 5.82. The molecule has 0 saturated heterocycles. The Bertz CT molecular complexity index is 1140. The number of nitrogens with one attached hydrogen (secondary N) is 1. The Balaban J connectivity index is 1.70. The molecule has 1 aromatic carbocycles. The van der Waals surface area contributed by atoms with E-state index >= 15 is 0 Å². The van der Waals surface area contributed by atoms with Gasteiger partial charge in [0.05, 0.1) is 11.1 Å². The van der Waals surface area contributed by atoms with Crippen LogP contribution in [0.2, 0.25) is 0 Å². The van der Waals surface area contributed by atoms with Crippen molar-refractivity contribution in [3.05, 3.63) is 58.4 Å². The van der Waals surface area contributed by atoms with Crippen molar-refractivity contribution in [2.45, 2.75) is 31.6 Å². The molecule has 1 aromatic heterocycles. The number of aliphatic imine (C=N–C) groups is 1. The predicted octanol–water partition coefficient (Wildman–Crippen LogP) is 3.70. The van der Waals surface area contributed by atoms with Crippen LogP contribution in [-0.4, -0.2) is 21.3 Å². The molecule has 1 aliphatic heterocycles. The van der Waals surface area contributed by atoms with Crippen molar-refractivity contribution < 1.29 is 13.6 Å². The standard InChI is InChI=1S/C21H19F2N5OS/c1-9-4-11(7-24)8-26-17(9)19(29)27-12-5-13(16(23)14(22)6-12)21(3)15-10(2)18(15)30-20(25)28-21/h4-6,8,10,15,18H,1-3H3,(H2,25,28)(H,27,29)/t10-,15?,18-,21+/m0/s1. The molecule has 1 aliphatic carbocycles. The van der Waals surface area contributed by atoms with Gasteiger partial charge in [-0.3, -0.25) is 9.79 Å². The highest BCUT2D eigenvalue weighted by Crippen LogP contribution is 2.61. The zero-order chi connectivity index (χ0) is 21.8. The molecule has 3 N–H and O–H groups in total. The number of nitrogens with zero attached hydrogens (tertiary/aromatic N) is 3. The van der Waals surface area contributed by atoms with Crippen molar-refractivity contribution in [1.29, 1.82) is 5.26 Å². The van der Waals surface area contributed by atoms with E-state index < -0.39 is 23.1 Å². The fourth-order valence-corrected chi connectivity index (χ4v) is 5.71. The molecular weight excluding hydrogens is 408 g/mol. The maximum Gasteiger partial charge on any atom is 0.274 e. The van der Waals surface area contributed by atoms with Crippen LogP contribution >= 0.6 is 11.8 Å². The van der Waals surface area contributed by atoms with E-state index in [1.54, 1.807) is 13.8 Å². The summed E-state index contributed by atoms with van der Waals surface area (Å²) >= 11 is 1.46. The van der Waals surface area contributed by atoms with Gasteiger partial charge in [-0.2, -0.15) is 5.26 Å². The molecule has 30 heavy (non-hydrogen) atoms. The lowest BCUT2D eigenvalue weighted by Gasteiger charge is -2.30. The predicted molar refractivity (Wildman–Crippen MR) is 111 cm³/mol. The monoisotopic (exact) mass is 427 g/mol. The summed E-state index contributed by atoms with van der Waals surface area (Å²) in [7, 11) is 0. The summed E-state index contributed by atoms with van der Waals surface area (Å²) in [5.41, 5.74) is 6.00. The number of rotatable bonds is 3. The fraction of sp³-hybridized carbons (Fsp3) is 0.333. The van der Waals surface area contributed by atoms with E-state index in [2.05, 4.69) is 15.3 Å². The smallest absolute Gasteiger partial charge is 0.274 e. The Morgan fingerprint density at radius 2 is 2.10 bits per heavy atom. The topological polar surface area (TPSA) is 104 Å². The third-order valence-electron chi connectivity index (χ3n) is 5.80. The quantitative estimate of drug-likeness (QED) is 0.777. The molecule has 0 spiro atoms. The number of benzene rings is 1. The molecular formula is C21H19F2N5OS. The first-order chi connectivity index (χ1) is 14.2. The maximum atomic E-state index is 14.8. The normalized spacial score (nSPS) is 26.9.